The average Bonchev–Trinajstić information content (AvgIpc) is 3.73. The number of hydrogen-bond acceptors (Lipinski definition) is 15. The molecule has 2 heterocycles. The zero-order valence-electron chi connectivity index (χ0n) is 38.2. The number of imide groups is 2. The van der Waals surface area contributed by atoms with E-state index in [1.165, 1.54) is 98.4 Å². The van der Waals surface area contributed by atoms with E-state index in [2.05, 4.69) is 15.5 Å². The van der Waals surface area contributed by atoms with Crippen molar-refractivity contribution in [2.75, 3.05) is 39.7 Å². The fourth-order valence-corrected chi connectivity index (χ4v) is 10.9. The van der Waals surface area contributed by atoms with Gasteiger partial charge in [-0.1, -0.05) is 49.7 Å². The number of halogens is 1. The van der Waals surface area contributed by atoms with Crippen LogP contribution in [0.3, 0.4) is 0 Å². The van der Waals surface area contributed by atoms with Crippen molar-refractivity contribution in [2.45, 2.75) is 36.7 Å². The second-order valence-electron chi connectivity index (χ2n) is 15.8. The molecule has 5 amide bonds. The summed E-state index contributed by atoms with van der Waals surface area (Å²) >= 11 is 6.43. The van der Waals surface area contributed by atoms with Gasteiger partial charge in [-0.2, -0.15) is 12.7 Å². The third-order valence-corrected chi connectivity index (χ3v) is 15.2. The van der Waals surface area contributed by atoms with E-state index in [9.17, 15) is 50.5 Å². The lowest BCUT2D eigenvalue weighted by Crippen LogP contribution is -2.33. The normalized spacial score (nSPS) is 13.7. The molecule has 0 unspecified atom stereocenters. The standard InChI is InChI=1S/C48H41ClN6O14S2/c1-6-53(7-2)70(62,63)25-16-17-38(67-3)37(18-25)51-52-42-31-20-41(71(64,65)66)34(24-55-47(60)28-14-10-11-15-29(28)48(55)61)33(23-54-45(58)26-12-8-9-13-27(26)46(54)59)30(31)19-32(43(42)56)44(57)50-36-21-35(49)39(68-4)22-40(36)69-5/h8-22,56H,6-7,23-24H2,1-5H3,(H,50,57)(H,64,65,66). The molecule has 0 bridgehead atoms. The van der Waals surface area contributed by atoms with Gasteiger partial charge in [-0.15, -0.1) is 10.2 Å². The van der Waals surface area contributed by atoms with Gasteiger partial charge in [-0.25, -0.2) is 8.42 Å². The predicted molar refractivity (Wildman–Crippen MR) is 257 cm³/mol. The van der Waals surface area contributed by atoms with E-state index in [1.807, 2.05) is 0 Å². The molecule has 20 nitrogen and oxygen atoms in total. The number of sulfonamides is 1. The quantitative estimate of drug-likeness (QED) is 0.0475. The van der Waals surface area contributed by atoms with Crippen molar-refractivity contribution in [3.05, 3.63) is 135 Å². The molecule has 23 heteroatoms. The molecule has 0 fully saturated rings. The molecule has 6 aromatic carbocycles. The fraction of sp³-hybridized carbons (Fsp3) is 0.188. The zero-order valence-corrected chi connectivity index (χ0v) is 40.6. The number of benzene rings is 6. The van der Waals surface area contributed by atoms with Gasteiger partial charge < -0.3 is 24.6 Å². The molecule has 0 spiro atoms. The average molecular weight is 1030 g/mol. The number of nitrogens with one attached hydrogen (secondary N) is 1. The SMILES string of the molecule is CCN(CC)S(=O)(=O)c1ccc(OC)c(N=Nc2c(O)c(C(=O)Nc3cc(Cl)c(OC)cc3OC)cc3c(CN4C(=O)c5ccccc5C4=O)c(CN4C(=O)c5ccccc5C4=O)c(S(=O)(=O)O)cc23)c1. The van der Waals surface area contributed by atoms with Crippen LogP contribution in [0.2, 0.25) is 5.02 Å². The van der Waals surface area contributed by atoms with Gasteiger partial charge in [-0.05, 0) is 77.2 Å². The number of aromatic hydroxyl groups is 1. The van der Waals surface area contributed by atoms with E-state index in [4.69, 9.17) is 25.8 Å². The second kappa shape index (κ2) is 19.2. The number of amides is 5. The molecular weight excluding hydrogens is 984 g/mol. The summed E-state index contributed by atoms with van der Waals surface area (Å²) in [6, 6.07) is 20.0. The van der Waals surface area contributed by atoms with E-state index in [1.54, 1.807) is 13.8 Å². The molecule has 366 valence electrons. The molecule has 3 N–H and O–H groups in total. The van der Waals surface area contributed by atoms with E-state index in [0.717, 1.165) is 23.1 Å². The molecular formula is C48H41ClN6O14S2. The Morgan fingerprint density at radius 2 is 1.20 bits per heavy atom. The van der Waals surface area contributed by atoms with Gasteiger partial charge in [0.2, 0.25) is 10.0 Å². The minimum atomic E-state index is -5.43. The Kier molecular flexibility index (Phi) is 13.4. The largest absolute Gasteiger partial charge is 0.505 e. The number of anilines is 1. The van der Waals surface area contributed by atoms with Gasteiger partial charge in [0.05, 0.1) is 82.7 Å². The van der Waals surface area contributed by atoms with Gasteiger partial charge in [0, 0.05) is 24.5 Å². The highest BCUT2D eigenvalue weighted by atomic mass is 35.5. The zero-order chi connectivity index (χ0) is 51.3. The lowest BCUT2D eigenvalue weighted by molar-refractivity contribution is 0.0616. The number of carbonyl (C=O) groups is 5. The number of hydrogen-bond donors (Lipinski definition) is 3. The second-order valence-corrected chi connectivity index (χ2v) is 19.5. The van der Waals surface area contributed by atoms with E-state index >= 15 is 0 Å². The smallest absolute Gasteiger partial charge is 0.294 e. The van der Waals surface area contributed by atoms with E-state index in [0.29, 0.717) is 4.90 Å². The molecule has 2 aliphatic rings. The topological polar surface area (TPSA) is 268 Å². The number of phenols is 1. The monoisotopic (exact) mass is 1020 g/mol. The molecule has 2 aliphatic heterocycles. The summed E-state index contributed by atoms with van der Waals surface area (Å²) in [7, 11) is -5.61. The van der Waals surface area contributed by atoms with Crippen LogP contribution in [0, 0.1) is 0 Å². The highest BCUT2D eigenvalue weighted by molar-refractivity contribution is 7.89. The van der Waals surface area contributed by atoms with Crippen LogP contribution < -0.4 is 19.5 Å². The number of rotatable bonds is 16. The summed E-state index contributed by atoms with van der Waals surface area (Å²) in [5.74, 6) is -5.14. The summed E-state index contributed by atoms with van der Waals surface area (Å²) in [5.41, 5.74) is -2.32. The third-order valence-electron chi connectivity index (χ3n) is 12.0. The summed E-state index contributed by atoms with van der Waals surface area (Å²) < 4.78 is 83.1. The molecule has 6 aromatic rings. The molecule has 0 saturated heterocycles. The van der Waals surface area contributed by atoms with Crippen molar-refractivity contribution in [3.63, 3.8) is 0 Å². The first-order chi connectivity index (χ1) is 33.8. The highest BCUT2D eigenvalue weighted by Gasteiger charge is 2.40. The molecule has 0 aliphatic carbocycles. The predicted octanol–water partition coefficient (Wildman–Crippen LogP) is 7.76. The van der Waals surface area contributed by atoms with Gasteiger partial charge in [0.15, 0.2) is 5.75 Å². The van der Waals surface area contributed by atoms with Crippen molar-refractivity contribution in [2.24, 2.45) is 10.2 Å². The molecule has 0 aromatic heterocycles. The van der Waals surface area contributed by atoms with Crippen LogP contribution in [0.5, 0.6) is 23.0 Å². The Labute approximate surface area is 410 Å². The van der Waals surface area contributed by atoms with Gasteiger partial charge in [0.25, 0.3) is 39.7 Å². The maximum atomic E-state index is 14.6. The van der Waals surface area contributed by atoms with Crippen LogP contribution in [-0.4, -0.2) is 105 Å². The van der Waals surface area contributed by atoms with E-state index < -0.39 is 90.2 Å². The van der Waals surface area contributed by atoms with Crippen molar-refractivity contribution in [1.29, 1.82) is 0 Å². The number of fused-ring (bicyclic) bond motifs is 3. The van der Waals surface area contributed by atoms with Crippen LogP contribution in [0.1, 0.15) is 76.8 Å². The molecule has 0 saturated carbocycles. The van der Waals surface area contributed by atoms with Crippen molar-refractivity contribution in [1.82, 2.24) is 14.1 Å². The number of methoxy groups -OCH3 is 3. The van der Waals surface area contributed by atoms with Gasteiger partial charge in [0.1, 0.15) is 28.6 Å². The first-order valence-corrected chi connectivity index (χ1v) is 24.6. The summed E-state index contributed by atoms with van der Waals surface area (Å²) in [4.78, 5) is 70.8. The van der Waals surface area contributed by atoms with Crippen LogP contribution >= 0.6 is 11.6 Å². The van der Waals surface area contributed by atoms with Gasteiger partial charge in [-0.3, -0.25) is 38.3 Å². The number of phenolic OH excluding ortho intramolecular Hbond substituents is 1. The fourth-order valence-electron chi connectivity index (χ4n) is 8.41. The Morgan fingerprint density at radius 1 is 0.676 bits per heavy atom. The van der Waals surface area contributed by atoms with E-state index in [-0.39, 0.29) is 90.2 Å². The Bertz CT molecular complexity index is 3480. The first kappa shape index (κ1) is 49.7. The Balaban J connectivity index is 1.43. The Hall–Kier alpha value is -7.76. The maximum absolute atomic E-state index is 14.6. The van der Waals surface area contributed by atoms with Crippen molar-refractivity contribution < 1.29 is 64.7 Å². The molecule has 0 atom stereocenters. The number of azo groups is 1. The minimum absolute atomic E-state index is 0.00637. The Morgan fingerprint density at radius 3 is 1.69 bits per heavy atom. The lowest BCUT2D eigenvalue weighted by Gasteiger charge is -2.24. The highest BCUT2D eigenvalue weighted by Crippen LogP contribution is 2.46. The van der Waals surface area contributed by atoms with Crippen molar-refractivity contribution >= 4 is 89.1 Å². The number of nitrogens with zero attached hydrogens (tertiary/aromatic N) is 5. The van der Waals surface area contributed by atoms with Crippen LogP contribution in [0.4, 0.5) is 17.1 Å². The molecule has 71 heavy (non-hydrogen) atoms. The van der Waals surface area contributed by atoms with Gasteiger partial charge >= 0.3 is 0 Å². The lowest BCUT2D eigenvalue weighted by atomic mass is 9.94. The summed E-state index contributed by atoms with van der Waals surface area (Å²) in [6.07, 6.45) is 0. The number of carbonyl (C=O) groups excluding carboxylic acids is 5. The van der Waals surface area contributed by atoms with Crippen LogP contribution in [0.25, 0.3) is 10.8 Å². The first-order valence-electron chi connectivity index (χ1n) is 21.3. The summed E-state index contributed by atoms with van der Waals surface area (Å²) in [5, 5.41) is 22.8. The minimum Gasteiger partial charge on any atom is -0.505 e. The van der Waals surface area contributed by atoms with Crippen LogP contribution in [0.15, 0.2) is 111 Å². The van der Waals surface area contributed by atoms with Crippen molar-refractivity contribution in [3.8, 4) is 23.0 Å². The maximum Gasteiger partial charge on any atom is 0.294 e. The van der Waals surface area contributed by atoms with Crippen LogP contribution in [-0.2, 0) is 33.2 Å². The molecule has 0 radical (unpaired) electrons. The number of ether oxygens (including phenoxy) is 3. The summed E-state index contributed by atoms with van der Waals surface area (Å²) in [6.45, 7) is 1.86. The molecule has 8 rings (SSSR count). The third kappa shape index (κ3) is 8.80.